The van der Waals surface area contributed by atoms with Crippen molar-refractivity contribution in [3.05, 3.63) is 69.5 Å². The van der Waals surface area contributed by atoms with Crippen molar-refractivity contribution in [2.45, 2.75) is 38.0 Å². The number of ether oxygens (including phenoxy) is 1. The van der Waals surface area contributed by atoms with Gasteiger partial charge in [0.15, 0.2) is 11.0 Å². The fourth-order valence-corrected chi connectivity index (χ4v) is 4.94. The molecule has 0 aliphatic heterocycles. The molecule has 2 N–H and O–H groups in total. The summed E-state index contributed by atoms with van der Waals surface area (Å²) in [6.45, 7) is 4.13. The van der Waals surface area contributed by atoms with Crippen molar-refractivity contribution in [3.8, 4) is 5.75 Å². The Bertz CT molecular complexity index is 1280. The topological polar surface area (TPSA) is 141 Å². The largest absolute Gasteiger partial charge is 0.497 e. The lowest BCUT2D eigenvalue weighted by molar-refractivity contribution is -0.385. The van der Waals surface area contributed by atoms with Crippen LogP contribution in [-0.2, 0) is 11.3 Å². The van der Waals surface area contributed by atoms with Crippen molar-refractivity contribution in [1.82, 2.24) is 20.1 Å². The lowest BCUT2D eigenvalue weighted by atomic mass is 10.1. The fourth-order valence-electron chi connectivity index (χ4n) is 3.66. The van der Waals surface area contributed by atoms with Gasteiger partial charge >= 0.3 is 0 Å². The molecule has 13 heteroatoms. The number of nitrogens with one attached hydrogen (secondary N) is 2. The van der Waals surface area contributed by atoms with Crippen molar-refractivity contribution in [2.24, 2.45) is 0 Å². The highest BCUT2D eigenvalue weighted by molar-refractivity contribution is 7.99. The zero-order valence-corrected chi connectivity index (χ0v) is 23.2. The monoisotopic (exact) mass is 558 g/mol. The van der Waals surface area contributed by atoms with Crippen LogP contribution in [0.2, 0.25) is 0 Å². The molecular weight excluding hydrogens is 528 g/mol. The van der Waals surface area contributed by atoms with E-state index in [0.717, 1.165) is 5.75 Å². The van der Waals surface area contributed by atoms with Crippen LogP contribution in [0.5, 0.6) is 5.75 Å². The van der Waals surface area contributed by atoms with E-state index in [1.54, 1.807) is 62.2 Å². The Kier molecular flexibility index (Phi) is 10.5. The second kappa shape index (κ2) is 13.8. The zero-order valence-electron chi connectivity index (χ0n) is 21.6. The molecule has 3 rings (SSSR count). The van der Waals surface area contributed by atoms with E-state index >= 15 is 0 Å². The van der Waals surface area contributed by atoms with E-state index in [0.29, 0.717) is 46.5 Å². The number of nitro groups is 1. The van der Waals surface area contributed by atoms with Gasteiger partial charge in [0.05, 0.1) is 23.8 Å². The van der Waals surface area contributed by atoms with Crippen LogP contribution in [-0.4, -0.2) is 56.4 Å². The normalized spacial score (nSPS) is 11.6. The maximum Gasteiger partial charge on any atom is 0.274 e. The molecule has 0 spiro atoms. The Balaban J connectivity index is 1.71. The Labute approximate surface area is 229 Å². The van der Waals surface area contributed by atoms with Gasteiger partial charge < -0.3 is 19.9 Å². The van der Waals surface area contributed by atoms with E-state index < -0.39 is 4.92 Å². The van der Waals surface area contributed by atoms with Crippen LogP contribution in [0.3, 0.4) is 0 Å². The summed E-state index contributed by atoms with van der Waals surface area (Å²) in [6, 6.07) is 11.0. The summed E-state index contributed by atoms with van der Waals surface area (Å²) in [7, 11) is 1.57. The van der Waals surface area contributed by atoms with Crippen LogP contribution in [0.1, 0.15) is 41.1 Å². The third-order valence-electron chi connectivity index (χ3n) is 5.66. The highest BCUT2D eigenvalue weighted by Gasteiger charge is 2.24. The summed E-state index contributed by atoms with van der Waals surface area (Å²) in [4.78, 5) is 36.2. The van der Waals surface area contributed by atoms with E-state index in [9.17, 15) is 19.7 Å². The Morgan fingerprint density at radius 3 is 2.55 bits per heavy atom. The molecule has 0 fully saturated rings. The molecule has 3 aromatic rings. The van der Waals surface area contributed by atoms with E-state index in [1.807, 2.05) is 17.7 Å². The highest BCUT2D eigenvalue weighted by atomic mass is 32.2. The summed E-state index contributed by atoms with van der Waals surface area (Å²) in [5.74, 6) is 1.56. The molecule has 0 aliphatic carbocycles. The molecule has 202 valence electrons. The average molecular weight is 559 g/mol. The molecule has 1 aromatic heterocycles. The minimum Gasteiger partial charge on any atom is -0.497 e. The first-order valence-corrected chi connectivity index (χ1v) is 14.2. The molecule has 0 aliphatic rings. The summed E-state index contributed by atoms with van der Waals surface area (Å²) in [5, 5.41) is 26.1. The quantitative estimate of drug-likeness (QED) is 0.176. The number of nitro benzene ring substituents is 1. The molecule has 2 aromatic carbocycles. The summed E-state index contributed by atoms with van der Waals surface area (Å²) >= 11 is 2.87. The molecule has 1 atom stereocenters. The van der Waals surface area contributed by atoms with Crippen molar-refractivity contribution in [2.75, 3.05) is 30.2 Å². The first-order chi connectivity index (χ1) is 18.3. The Morgan fingerprint density at radius 1 is 1.18 bits per heavy atom. The smallest absolute Gasteiger partial charge is 0.274 e. The molecule has 0 saturated carbocycles. The standard InChI is InChI=1S/C25H30N6O5S2/c1-5-30-23(20(12-13-37-4)27-24(33)17-7-10-19(36-3)11-8-17)28-29-25(30)38-15-22(32)26-18-9-6-16(2)21(14-18)31(34)35/h6-11,14,20H,5,12-13,15H2,1-4H3,(H,26,32)(H,27,33)/t20-/m0/s1. The number of thioether (sulfide) groups is 2. The Morgan fingerprint density at radius 2 is 1.92 bits per heavy atom. The van der Waals surface area contributed by atoms with E-state index in [-0.39, 0.29) is 29.3 Å². The van der Waals surface area contributed by atoms with E-state index in [2.05, 4.69) is 20.8 Å². The molecular formula is C25H30N6O5S2. The van der Waals surface area contributed by atoms with Crippen LogP contribution in [0.4, 0.5) is 11.4 Å². The third kappa shape index (κ3) is 7.48. The van der Waals surface area contributed by atoms with Gasteiger partial charge in [0.2, 0.25) is 5.91 Å². The van der Waals surface area contributed by atoms with E-state index in [4.69, 9.17) is 4.74 Å². The van der Waals surface area contributed by atoms with Gasteiger partial charge in [-0.1, -0.05) is 17.8 Å². The number of anilines is 1. The number of aryl methyl sites for hydroxylation is 1. The van der Waals surface area contributed by atoms with Gasteiger partial charge in [0, 0.05) is 29.4 Å². The predicted molar refractivity (Wildman–Crippen MR) is 149 cm³/mol. The average Bonchev–Trinajstić information content (AvgIpc) is 3.33. The minimum atomic E-state index is -0.480. The van der Waals surface area contributed by atoms with Crippen LogP contribution < -0.4 is 15.4 Å². The van der Waals surface area contributed by atoms with Gasteiger partial charge in [-0.3, -0.25) is 19.7 Å². The molecule has 0 bridgehead atoms. The molecule has 0 saturated heterocycles. The zero-order chi connectivity index (χ0) is 27.7. The summed E-state index contributed by atoms with van der Waals surface area (Å²) in [6.07, 6.45) is 2.65. The van der Waals surface area contributed by atoms with Gasteiger partial charge in [-0.05, 0) is 62.6 Å². The molecule has 0 radical (unpaired) electrons. The van der Waals surface area contributed by atoms with Gasteiger partial charge in [-0.15, -0.1) is 10.2 Å². The number of rotatable bonds is 13. The number of amides is 2. The number of hydrogen-bond donors (Lipinski definition) is 2. The SMILES string of the molecule is CCn1c(SCC(=O)Nc2ccc(C)c([N+](=O)[O-])c2)nnc1[C@H](CCSC)NC(=O)c1ccc(OC)cc1. The molecule has 38 heavy (non-hydrogen) atoms. The first kappa shape index (κ1) is 29.0. The maximum absolute atomic E-state index is 13.0. The summed E-state index contributed by atoms with van der Waals surface area (Å²) < 4.78 is 7.05. The number of nitrogens with zero attached hydrogens (tertiary/aromatic N) is 4. The van der Waals surface area contributed by atoms with Crippen LogP contribution in [0.15, 0.2) is 47.6 Å². The number of carbonyl (C=O) groups is 2. The number of hydrogen-bond acceptors (Lipinski definition) is 9. The number of methoxy groups -OCH3 is 1. The second-order valence-corrected chi connectivity index (χ2v) is 10.1. The first-order valence-electron chi connectivity index (χ1n) is 11.8. The third-order valence-corrected chi connectivity index (χ3v) is 7.27. The fraction of sp³-hybridized carbons (Fsp3) is 0.360. The van der Waals surface area contributed by atoms with E-state index in [1.165, 1.54) is 17.8 Å². The van der Waals surface area contributed by atoms with Gasteiger partial charge in [-0.25, -0.2) is 0 Å². The molecule has 11 nitrogen and oxygen atoms in total. The number of aromatic nitrogens is 3. The molecule has 0 unspecified atom stereocenters. The summed E-state index contributed by atoms with van der Waals surface area (Å²) in [5.41, 5.74) is 1.31. The Hall–Kier alpha value is -3.58. The van der Waals surface area contributed by atoms with Crippen LogP contribution in [0.25, 0.3) is 0 Å². The highest BCUT2D eigenvalue weighted by Crippen LogP contribution is 2.25. The van der Waals surface area contributed by atoms with Crippen molar-refractivity contribution >= 4 is 46.7 Å². The van der Waals surface area contributed by atoms with Crippen molar-refractivity contribution in [3.63, 3.8) is 0 Å². The lowest BCUT2D eigenvalue weighted by Crippen LogP contribution is -2.31. The molecule has 2 amide bonds. The van der Waals surface area contributed by atoms with Crippen molar-refractivity contribution in [1.29, 1.82) is 0 Å². The van der Waals surface area contributed by atoms with Crippen LogP contribution in [0, 0.1) is 17.0 Å². The van der Waals surface area contributed by atoms with Crippen LogP contribution >= 0.6 is 23.5 Å². The lowest BCUT2D eigenvalue weighted by Gasteiger charge is -2.19. The van der Waals surface area contributed by atoms with Gasteiger partial charge in [0.1, 0.15) is 5.75 Å². The second-order valence-electron chi connectivity index (χ2n) is 8.22. The van der Waals surface area contributed by atoms with Gasteiger partial charge in [0.25, 0.3) is 11.6 Å². The minimum absolute atomic E-state index is 0.0352. The van der Waals surface area contributed by atoms with Crippen molar-refractivity contribution < 1.29 is 19.2 Å². The maximum atomic E-state index is 13.0. The molecule has 1 heterocycles. The number of benzene rings is 2. The predicted octanol–water partition coefficient (Wildman–Crippen LogP) is 4.48. The number of carbonyl (C=O) groups excluding carboxylic acids is 2. The van der Waals surface area contributed by atoms with Gasteiger partial charge in [-0.2, -0.15) is 11.8 Å².